The van der Waals surface area contributed by atoms with E-state index in [0.29, 0.717) is 12.8 Å². The largest absolute Gasteiger partial charge is 0.481 e. The van der Waals surface area contributed by atoms with E-state index >= 15 is 0 Å². The highest BCUT2D eigenvalue weighted by Crippen LogP contribution is 2.47. The molecule has 14 heavy (non-hydrogen) atoms. The first-order valence-corrected chi connectivity index (χ1v) is 5.47. The van der Waals surface area contributed by atoms with Crippen molar-refractivity contribution in [3.8, 4) is 0 Å². The molecule has 78 valence electrons. The lowest BCUT2D eigenvalue weighted by Gasteiger charge is -2.02. The van der Waals surface area contributed by atoms with E-state index < -0.39 is 11.4 Å². The molecule has 0 aliphatic heterocycles. The lowest BCUT2D eigenvalue weighted by atomic mass is 10.1. The van der Waals surface area contributed by atoms with E-state index in [4.69, 9.17) is 5.11 Å². The molecule has 4 heteroatoms. The van der Waals surface area contributed by atoms with E-state index in [1.807, 2.05) is 13.8 Å². The quantitative estimate of drug-likeness (QED) is 0.728. The van der Waals surface area contributed by atoms with E-state index in [-0.39, 0.29) is 10.4 Å². The van der Waals surface area contributed by atoms with Gasteiger partial charge in [-0.2, -0.15) is 0 Å². The first-order chi connectivity index (χ1) is 6.46. The van der Waals surface area contributed by atoms with Gasteiger partial charge in [0.15, 0.2) is 0 Å². The van der Waals surface area contributed by atoms with Crippen molar-refractivity contribution in [2.45, 2.75) is 31.9 Å². The van der Waals surface area contributed by atoms with Gasteiger partial charge in [0, 0.05) is 5.25 Å². The molecule has 3 nitrogen and oxygen atoms in total. The molecular formula is C10H14O3S. The average Bonchev–Trinajstić information content (AvgIpc) is 2.79. The molecule has 1 aliphatic rings. The van der Waals surface area contributed by atoms with Crippen LogP contribution in [0.1, 0.15) is 26.7 Å². The highest BCUT2D eigenvalue weighted by atomic mass is 32.2. The second-order valence-electron chi connectivity index (χ2n) is 3.78. The molecule has 1 rings (SSSR count). The van der Waals surface area contributed by atoms with Gasteiger partial charge in [0.05, 0.1) is 5.41 Å². The van der Waals surface area contributed by atoms with Crippen molar-refractivity contribution in [2.75, 3.05) is 0 Å². The Bertz CT molecular complexity index is 277. The average molecular weight is 214 g/mol. The molecule has 1 fully saturated rings. The Morgan fingerprint density at radius 3 is 2.36 bits per heavy atom. The molecule has 1 saturated carbocycles. The molecule has 0 saturated heterocycles. The zero-order chi connectivity index (χ0) is 10.8. The summed E-state index contributed by atoms with van der Waals surface area (Å²) in [6.07, 6.45) is 4.23. The third-order valence-corrected chi connectivity index (χ3v) is 2.94. The first-order valence-electron chi connectivity index (χ1n) is 4.59. The lowest BCUT2D eigenvalue weighted by Crippen LogP contribution is -2.11. The van der Waals surface area contributed by atoms with Crippen LogP contribution >= 0.6 is 11.8 Å². The lowest BCUT2D eigenvalue weighted by molar-refractivity contribution is -0.141. The topological polar surface area (TPSA) is 54.4 Å². The van der Waals surface area contributed by atoms with Crippen LogP contribution in [0.5, 0.6) is 0 Å². The fourth-order valence-corrected chi connectivity index (χ4v) is 1.70. The van der Waals surface area contributed by atoms with Crippen LogP contribution in [-0.2, 0) is 9.59 Å². The Morgan fingerprint density at radius 1 is 1.43 bits per heavy atom. The molecule has 0 amide bonds. The first kappa shape index (κ1) is 11.3. The minimum atomic E-state index is -0.823. The normalized spacial score (nSPS) is 18.8. The number of carboxylic acids is 1. The molecule has 0 aromatic heterocycles. The van der Waals surface area contributed by atoms with Gasteiger partial charge in [0.2, 0.25) is 5.12 Å². The van der Waals surface area contributed by atoms with Crippen molar-refractivity contribution in [1.82, 2.24) is 0 Å². The Kier molecular flexibility index (Phi) is 3.37. The summed E-state index contributed by atoms with van der Waals surface area (Å²) in [5, 5.41) is 9.01. The van der Waals surface area contributed by atoms with Crippen LogP contribution in [0.15, 0.2) is 12.2 Å². The molecule has 0 unspecified atom stereocenters. The third kappa shape index (κ3) is 2.87. The maximum atomic E-state index is 11.2. The maximum absolute atomic E-state index is 11.2. The Morgan fingerprint density at radius 2 is 2.00 bits per heavy atom. The van der Waals surface area contributed by atoms with Gasteiger partial charge in [-0.1, -0.05) is 31.7 Å². The van der Waals surface area contributed by atoms with E-state index in [1.165, 1.54) is 23.9 Å². The van der Waals surface area contributed by atoms with E-state index in [2.05, 4.69) is 0 Å². The summed E-state index contributed by atoms with van der Waals surface area (Å²) in [4.78, 5) is 22.0. The van der Waals surface area contributed by atoms with Crippen molar-refractivity contribution in [3.63, 3.8) is 0 Å². The SMILES string of the molecule is CC(C)SC(=O)C=CC1(C(=O)O)CC1. The molecule has 0 heterocycles. The van der Waals surface area contributed by atoms with Crippen LogP contribution in [0.2, 0.25) is 0 Å². The third-order valence-electron chi connectivity index (χ3n) is 2.10. The smallest absolute Gasteiger partial charge is 0.313 e. The molecule has 1 N–H and O–H groups in total. The fourth-order valence-electron chi connectivity index (χ4n) is 1.09. The second-order valence-corrected chi connectivity index (χ2v) is 5.36. The molecule has 0 aromatic rings. The number of carbonyl (C=O) groups excluding carboxylic acids is 1. The molecular weight excluding hydrogens is 200 g/mol. The van der Waals surface area contributed by atoms with Gasteiger partial charge in [-0.15, -0.1) is 0 Å². The number of carboxylic acid groups (broad SMARTS) is 1. The van der Waals surface area contributed by atoms with Gasteiger partial charge in [-0.3, -0.25) is 9.59 Å². The van der Waals surface area contributed by atoms with Crippen molar-refractivity contribution >= 4 is 22.8 Å². The number of thioether (sulfide) groups is 1. The Hall–Kier alpha value is -0.770. The summed E-state index contributed by atoms with van der Waals surface area (Å²) in [5.74, 6) is -0.823. The van der Waals surface area contributed by atoms with Crippen molar-refractivity contribution < 1.29 is 14.7 Å². The molecule has 0 aromatic carbocycles. The van der Waals surface area contributed by atoms with Crippen LogP contribution in [-0.4, -0.2) is 21.4 Å². The number of rotatable bonds is 4. The van der Waals surface area contributed by atoms with Gasteiger partial charge in [-0.25, -0.2) is 0 Å². The summed E-state index contributed by atoms with van der Waals surface area (Å²) in [6, 6.07) is 0. The highest BCUT2D eigenvalue weighted by molar-refractivity contribution is 8.14. The van der Waals surface area contributed by atoms with E-state index in [0.717, 1.165) is 0 Å². The van der Waals surface area contributed by atoms with Crippen molar-refractivity contribution in [1.29, 1.82) is 0 Å². The molecule has 0 spiro atoms. The van der Waals surface area contributed by atoms with Gasteiger partial charge in [0.1, 0.15) is 0 Å². The zero-order valence-electron chi connectivity index (χ0n) is 8.32. The van der Waals surface area contributed by atoms with Crippen LogP contribution in [0.4, 0.5) is 0 Å². The summed E-state index contributed by atoms with van der Waals surface area (Å²) >= 11 is 1.22. The number of hydrogen-bond donors (Lipinski definition) is 1. The van der Waals surface area contributed by atoms with E-state index in [9.17, 15) is 9.59 Å². The molecule has 1 aliphatic carbocycles. The number of aliphatic carboxylic acids is 1. The minimum absolute atomic E-state index is 0.0625. The van der Waals surface area contributed by atoms with Crippen LogP contribution < -0.4 is 0 Å². The van der Waals surface area contributed by atoms with Crippen LogP contribution in [0.25, 0.3) is 0 Å². The summed E-state index contributed by atoms with van der Waals surface area (Å²) in [5.41, 5.74) is -0.729. The standard InChI is InChI=1S/C10H14O3S/c1-7(2)14-8(11)3-4-10(5-6-10)9(12)13/h3-4,7H,5-6H2,1-2H3,(H,12,13). The fraction of sp³-hybridized carbons (Fsp3) is 0.600. The molecule has 0 radical (unpaired) electrons. The van der Waals surface area contributed by atoms with Gasteiger partial charge >= 0.3 is 5.97 Å². The van der Waals surface area contributed by atoms with Gasteiger partial charge in [0.25, 0.3) is 0 Å². The zero-order valence-corrected chi connectivity index (χ0v) is 9.13. The van der Waals surface area contributed by atoms with Crippen LogP contribution in [0, 0.1) is 5.41 Å². The predicted octanol–water partition coefficient (Wildman–Crippen LogP) is 2.08. The number of carbonyl (C=O) groups is 2. The van der Waals surface area contributed by atoms with Gasteiger partial charge < -0.3 is 5.11 Å². The second kappa shape index (κ2) is 4.17. The molecule has 0 atom stereocenters. The predicted molar refractivity (Wildman–Crippen MR) is 56.2 cm³/mol. The highest BCUT2D eigenvalue weighted by Gasteiger charge is 2.47. The van der Waals surface area contributed by atoms with Crippen molar-refractivity contribution in [3.05, 3.63) is 12.2 Å². The maximum Gasteiger partial charge on any atom is 0.313 e. The number of hydrogen-bond acceptors (Lipinski definition) is 3. The minimum Gasteiger partial charge on any atom is -0.481 e. The van der Waals surface area contributed by atoms with Gasteiger partial charge in [-0.05, 0) is 18.9 Å². The summed E-state index contributed by atoms with van der Waals surface area (Å²) in [7, 11) is 0. The summed E-state index contributed by atoms with van der Waals surface area (Å²) < 4.78 is 0. The Balaban J connectivity index is 2.48. The molecule has 0 bridgehead atoms. The Labute approximate surface area is 87.6 Å². The summed E-state index contributed by atoms with van der Waals surface area (Å²) in [6.45, 7) is 3.86. The van der Waals surface area contributed by atoms with Crippen LogP contribution in [0.3, 0.4) is 0 Å². The van der Waals surface area contributed by atoms with E-state index in [1.54, 1.807) is 0 Å². The van der Waals surface area contributed by atoms with Crippen molar-refractivity contribution in [2.24, 2.45) is 5.41 Å². The monoisotopic (exact) mass is 214 g/mol.